The lowest BCUT2D eigenvalue weighted by atomic mass is 9.94. The van der Waals surface area contributed by atoms with Crippen LogP contribution in [0.3, 0.4) is 0 Å². The van der Waals surface area contributed by atoms with Crippen molar-refractivity contribution in [1.82, 2.24) is 0 Å². The first kappa shape index (κ1) is 18.8. The van der Waals surface area contributed by atoms with E-state index in [9.17, 15) is 9.59 Å². The number of benzene rings is 1. The maximum Gasteiger partial charge on any atom is 0.313 e. The highest BCUT2D eigenvalue weighted by molar-refractivity contribution is 6.42. The summed E-state index contributed by atoms with van der Waals surface area (Å²) in [5.74, 6) is -1.38. The monoisotopic (exact) mass is 346 g/mol. The molecule has 1 unspecified atom stereocenters. The average Bonchev–Trinajstić information content (AvgIpc) is 2.40. The fourth-order valence-corrected chi connectivity index (χ4v) is 2.25. The standard InChI is InChI=1S/C16H20Cl2O4/c1-16(2,3)22-14(19)8-6-11(15(20)21-4)10-5-7-12(17)13(18)9-10/h5,7,9,11H,6,8H2,1-4H3. The Labute approximate surface area is 140 Å². The Hall–Kier alpha value is -1.26. The van der Waals surface area contributed by atoms with Crippen LogP contribution in [0.25, 0.3) is 0 Å². The molecule has 0 bridgehead atoms. The molecule has 1 aromatic carbocycles. The van der Waals surface area contributed by atoms with Crippen LogP contribution in [0.5, 0.6) is 0 Å². The van der Waals surface area contributed by atoms with Crippen molar-refractivity contribution in [3.8, 4) is 0 Å². The van der Waals surface area contributed by atoms with E-state index < -0.39 is 17.5 Å². The molecule has 0 heterocycles. The second-order valence-electron chi connectivity index (χ2n) is 5.87. The molecule has 0 aliphatic carbocycles. The van der Waals surface area contributed by atoms with Gasteiger partial charge in [0.15, 0.2) is 0 Å². The molecule has 0 amide bonds. The van der Waals surface area contributed by atoms with E-state index in [1.165, 1.54) is 7.11 Å². The predicted molar refractivity (Wildman–Crippen MR) is 86.3 cm³/mol. The van der Waals surface area contributed by atoms with Crippen LogP contribution in [0.2, 0.25) is 10.0 Å². The van der Waals surface area contributed by atoms with E-state index in [-0.39, 0.29) is 18.8 Å². The molecule has 22 heavy (non-hydrogen) atoms. The van der Waals surface area contributed by atoms with Gasteiger partial charge in [-0.15, -0.1) is 0 Å². The van der Waals surface area contributed by atoms with Gasteiger partial charge in [-0.2, -0.15) is 0 Å². The summed E-state index contributed by atoms with van der Waals surface area (Å²) in [5, 5.41) is 0.756. The molecule has 0 spiro atoms. The predicted octanol–water partition coefficient (Wildman–Crippen LogP) is 4.37. The van der Waals surface area contributed by atoms with Gasteiger partial charge in [0.1, 0.15) is 5.60 Å². The van der Waals surface area contributed by atoms with Gasteiger partial charge in [0.2, 0.25) is 0 Å². The Kier molecular flexibility index (Phi) is 6.69. The molecule has 0 aliphatic heterocycles. The van der Waals surface area contributed by atoms with Gasteiger partial charge in [-0.05, 0) is 44.9 Å². The maximum absolute atomic E-state index is 12.0. The zero-order chi connectivity index (χ0) is 16.9. The van der Waals surface area contributed by atoms with Crippen molar-refractivity contribution in [2.75, 3.05) is 7.11 Å². The molecule has 6 heteroatoms. The van der Waals surface area contributed by atoms with Crippen LogP contribution in [0.1, 0.15) is 45.1 Å². The molecule has 0 fully saturated rings. The first-order valence-electron chi connectivity index (χ1n) is 6.88. The molecule has 0 aliphatic rings. The molecule has 122 valence electrons. The van der Waals surface area contributed by atoms with Crippen molar-refractivity contribution in [3.63, 3.8) is 0 Å². The lowest BCUT2D eigenvalue weighted by Gasteiger charge is -2.20. The first-order valence-corrected chi connectivity index (χ1v) is 7.64. The summed E-state index contributed by atoms with van der Waals surface area (Å²) >= 11 is 11.9. The van der Waals surface area contributed by atoms with Crippen molar-refractivity contribution < 1.29 is 19.1 Å². The van der Waals surface area contributed by atoms with Crippen LogP contribution >= 0.6 is 23.2 Å². The minimum atomic E-state index is -0.590. The van der Waals surface area contributed by atoms with Gasteiger partial charge < -0.3 is 9.47 Å². The number of carbonyl (C=O) groups excluding carboxylic acids is 2. The molecule has 0 radical (unpaired) electrons. The normalized spacial score (nSPS) is 12.6. The van der Waals surface area contributed by atoms with Gasteiger partial charge in [0.25, 0.3) is 0 Å². The summed E-state index contributed by atoms with van der Waals surface area (Å²) < 4.78 is 10.0. The number of ether oxygens (including phenoxy) is 2. The highest BCUT2D eigenvalue weighted by Gasteiger charge is 2.25. The third-order valence-corrected chi connectivity index (χ3v) is 3.63. The number of rotatable bonds is 5. The van der Waals surface area contributed by atoms with Gasteiger partial charge in [-0.25, -0.2) is 0 Å². The number of esters is 2. The van der Waals surface area contributed by atoms with Crippen LogP contribution in [0, 0.1) is 0 Å². The lowest BCUT2D eigenvalue weighted by molar-refractivity contribution is -0.155. The highest BCUT2D eigenvalue weighted by atomic mass is 35.5. The zero-order valence-electron chi connectivity index (χ0n) is 13.1. The maximum atomic E-state index is 12.0. The van der Waals surface area contributed by atoms with Crippen molar-refractivity contribution in [1.29, 1.82) is 0 Å². The summed E-state index contributed by atoms with van der Waals surface area (Å²) in [4.78, 5) is 23.8. The minimum absolute atomic E-state index is 0.108. The molecule has 1 atom stereocenters. The molecule has 0 saturated carbocycles. The zero-order valence-corrected chi connectivity index (χ0v) is 14.6. The summed E-state index contributed by atoms with van der Waals surface area (Å²) in [6, 6.07) is 4.92. The van der Waals surface area contributed by atoms with Gasteiger partial charge in [-0.3, -0.25) is 9.59 Å². The van der Waals surface area contributed by atoms with Crippen LogP contribution in [-0.2, 0) is 19.1 Å². The van der Waals surface area contributed by atoms with Crippen molar-refractivity contribution in [3.05, 3.63) is 33.8 Å². The molecule has 4 nitrogen and oxygen atoms in total. The molecular weight excluding hydrogens is 327 g/mol. The fraction of sp³-hybridized carbons (Fsp3) is 0.500. The second-order valence-corrected chi connectivity index (χ2v) is 6.69. The van der Waals surface area contributed by atoms with E-state index in [0.717, 1.165) is 0 Å². The summed E-state index contributed by atoms with van der Waals surface area (Å²) in [7, 11) is 1.31. The average molecular weight is 347 g/mol. The third kappa shape index (κ3) is 5.85. The first-order chi connectivity index (χ1) is 10.1. The van der Waals surface area contributed by atoms with Crippen LogP contribution in [0.4, 0.5) is 0 Å². The SMILES string of the molecule is COC(=O)C(CCC(=O)OC(C)(C)C)c1ccc(Cl)c(Cl)c1. The van der Waals surface area contributed by atoms with Crippen LogP contribution in [-0.4, -0.2) is 24.6 Å². The Bertz CT molecular complexity index is 550. The topological polar surface area (TPSA) is 52.6 Å². The summed E-state index contributed by atoms with van der Waals surface area (Å²) in [6.45, 7) is 5.38. The Morgan fingerprint density at radius 2 is 1.82 bits per heavy atom. The quantitative estimate of drug-likeness (QED) is 0.742. The van der Waals surface area contributed by atoms with Gasteiger partial charge in [0.05, 0.1) is 23.1 Å². The molecule has 0 saturated heterocycles. The van der Waals surface area contributed by atoms with Crippen LogP contribution < -0.4 is 0 Å². The van der Waals surface area contributed by atoms with Gasteiger partial charge in [-0.1, -0.05) is 29.3 Å². The number of methoxy groups -OCH3 is 1. The summed E-state index contributed by atoms with van der Waals surface area (Å²) in [6.07, 6.45) is 0.386. The van der Waals surface area contributed by atoms with Crippen molar-refractivity contribution >= 4 is 35.1 Å². The number of carbonyl (C=O) groups is 2. The van der Waals surface area contributed by atoms with Crippen LogP contribution in [0.15, 0.2) is 18.2 Å². The molecule has 1 rings (SSSR count). The van der Waals surface area contributed by atoms with Gasteiger partial charge >= 0.3 is 11.9 Å². The van der Waals surface area contributed by atoms with Crippen molar-refractivity contribution in [2.45, 2.75) is 45.1 Å². The van der Waals surface area contributed by atoms with E-state index >= 15 is 0 Å². The Morgan fingerprint density at radius 1 is 1.18 bits per heavy atom. The Balaban J connectivity index is 2.84. The van der Waals surface area contributed by atoms with E-state index in [1.54, 1.807) is 39.0 Å². The third-order valence-electron chi connectivity index (χ3n) is 2.89. The number of halogens is 2. The molecule has 1 aromatic rings. The van der Waals surface area contributed by atoms with E-state index in [4.69, 9.17) is 32.7 Å². The highest BCUT2D eigenvalue weighted by Crippen LogP contribution is 2.30. The molecule has 0 N–H and O–H groups in total. The fourth-order valence-electron chi connectivity index (χ4n) is 1.95. The Morgan fingerprint density at radius 3 is 2.32 bits per heavy atom. The largest absolute Gasteiger partial charge is 0.469 e. The minimum Gasteiger partial charge on any atom is -0.469 e. The molecule has 0 aromatic heterocycles. The van der Waals surface area contributed by atoms with E-state index in [1.807, 2.05) is 0 Å². The van der Waals surface area contributed by atoms with Gasteiger partial charge in [0, 0.05) is 6.42 Å². The second kappa shape index (κ2) is 7.84. The summed E-state index contributed by atoms with van der Waals surface area (Å²) in [5.41, 5.74) is 0.103. The number of hydrogen-bond acceptors (Lipinski definition) is 4. The van der Waals surface area contributed by atoms with Crippen molar-refractivity contribution in [2.24, 2.45) is 0 Å². The van der Waals surface area contributed by atoms with E-state index in [0.29, 0.717) is 15.6 Å². The lowest BCUT2D eigenvalue weighted by Crippen LogP contribution is -2.24. The smallest absolute Gasteiger partial charge is 0.313 e. The van der Waals surface area contributed by atoms with E-state index in [2.05, 4.69) is 0 Å². The molecular formula is C16H20Cl2O4. The number of hydrogen-bond donors (Lipinski definition) is 0.